The van der Waals surface area contributed by atoms with E-state index >= 15 is 0 Å². The van der Waals surface area contributed by atoms with Gasteiger partial charge in [0.05, 0.1) is 25.1 Å². The molecule has 2 rings (SSSR count). The van der Waals surface area contributed by atoms with Gasteiger partial charge in [-0.2, -0.15) is 5.10 Å². The molecule has 0 unspecified atom stereocenters. The summed E-state index contributed by atoms with van der Waals surface area (Å²) in [5, 5.41) is 4.36. The van der Waals surface area contributed by atoms with E-state index in [1.807, 2.05) is 24.3 Å². The van der Waals surface area contributed by atoms with Crippen molar-refractivity contribution >= 4 is 15.5 Å². The number of anilines is 1. The average molecular weight is 309 g/mol. The van der Waals surface area contributed by atoms with E-state index in [9.17, 15) is 8.42 Å². The molecule has 0 aliphatic heterocycles. The Bertz CT molecular complexity index is 706. The second kappa shape index (κ2) is 6.17. The Morgan fingerprint density at radius 1 is 1.29 bits per heavy atom. The Hall–Kier alpha value is -2.02. The predicted molar refractivity (Wildman–Crippen MR) is 83.0 cm³/mol. The van der Waals surface area contributed by atoms with Gasteiger partial charge in [0.25, 0.3) is 0 Å². The van der Waals surface area contributed by atoms with Crippen LogP contribution in [0.4, 0.5) is 5.69 Å². The molecule has 0 amide bonds. The fraction of sp³-hybridized carbons (Fsp3) is 0.357. The largest absolute Gasteiger partial charge is 0.497 e. The van der Waals surface area contributed by atoms with Crippen molar-refractivity contribution < 1.29 is 13.2 Å². The summed E-state index contributed by atoms with van der Waals surface area (Å²) in [4.78, 5) is 0. The van der Waals surface area contributed by atoms with Crippen LogP contribution in [-0.2, 0) is 16.4 Å². The summed E-state index contributed by atoms with van der Waals surface area (Å²) in [6.45, 7) is 1.94. The molecule has 21 heavy (non-hydrogen) atoms. The highest BCUT2D eigenvalue weighted by Gasteiger charge is 2.12. The fourth-order valence-corrected chi connectivity index (χ4v) is 2.66. The molecule has 7 heteroatoms. The van der Waals surface area contributed by atoms with Crippen molar-refractivity contribution in [2.75, 3.05) is 24.3 Å². The van der Waals surface area contributed by atoms with E-state index in [2.05, 4.69) is 5.10 Å². The number of rotatable bonds is 6. The minimum absolute atomic E-state index is 0.0622. The normalized spacial score (nSPS) is 11.5. The molecular weight excluding hydrogens is 290 g/mol. The maximum atomic E-state index is 11.5. The van der Waals surface area contributed by atoms with Gasteiger partial charge < -0.3 is 10.5 Å². The van der Waals surface area contributed by atoms with E-state index < -0.39 is 9.84 Å². The second-order valence-electron chi connectivity index (χ2n) is 4.66. The van der Waals surface area contributed by atoms with Gasteiger partial charge in [0.2, 0.25) is 0 Å². The molecule has 0 fully saturated rings. The Kier molecular flexibility index (Phi) is 4.52. The highest BCUT2D eigenvalue weighted by atomic mass is 32.2. The zero-order valence-corrected chi connectivity index (χ0v) is 12.9. The lowest BCUT2D eigenvalue weighted by Gasteiger charge is -2.02. The van der Waals surface area contributed by atoms with E-state index in [4.69, 9.17) is 10.5 Å². The van der Waals surface area contributed by atoms with Crippen LogP contribution in [0.1, 0.15) is 6.92 Å². The van der Waals surface area contributed by atoms with E-state index in [1.165, 1.54) is 0 Å². The minimum Gasteiger partial charge on any atom is -0.497 e. The molecule has 2 N–H and O–H groups in total. The van der Waals surface area contributed by atoms with E-state index in [-0.39, 0.29) is 11.5 Å². The smallest absolute Gasteiger partial charge is 0.151 e. The van der Waals surface area contributed by atoms with Crippen molar-refractivity contribution in [2.24, 2.45) is 0 Å². The summed E-state index contributed by atoms with van der Waals surface area (Å²) in [5.74, 6) is 0.952. The van der Waals surface area contributed by atoms with Gasteiger partial charge in [-0.1, -0.05) is 6.92 Å². The first-order valence-electron chi connectivity index (χ1n) is 6.63. The van der Waals surface area contributed by atoms with Crippen molar-refractivity contribution in [2.45, 2.75) is 13.5 Å². The fourth-order valence-electron chi connectivity index (χ4n) is 1.90. The van der Waals surface area contributed by atoms with E-state index in [0.717, 1.165) is 11.3 Å². The number of hydrogen-bond acceptors (Lipinski definition) is 5. The maximum Gasteiger partial charge on any atom is 0.151 e. The third kappa shape index (κ3) is 3.75. The molecule has 114 valence electrons. The molecule has 2 aromatic rings. The van der Waals surface area contributed by atoms with Gasteiger partial charge in [0, 0.05) is 17.5 Å². The first-order chi connectivity index (χ1) is 9.95. The monoisotopic (exact) mass is 309 g/mol. The number of nitrogens with two attached hydrogens (primary N) is 1. The lowest BCUT2D eigenvalue weighted by atomic mass is 10.1. The first-order valence-corrected chi connectivity index (χ1v) is 8.45. The van der Waals surface area contributed by atoms with E-state index in [1.54, 1.807) is 24.9 Å². The molecule has 0 atom stereocenters. The third-order valence-corrected chi connectivity index (χ3v) is 4.91. The predicted octanol–water partition coefficient (Wildman–Crippen LogP) is 1.58. The van der Waals surface area contributed by atoms with Crippen LogP contribution in [0.5, 0.6) is 5.75 Å². The summed E-state index contributed by atoms with van der Waals surface area (Å²) in [5.41, 5.74) is 7.99. The average Bonchev–Trinajstić information content (AvgIpc) is 2.86. The number of methoxy groups -OCH3 is 1. The first kappa shape index (κ1) is 15.4. The van der Waals surface area contributed by atoms with Gasteiger partial charge in [-0.25, -0.2) is 8.42 Å². The number of aromatic nitrogens is 2. The van der Waals surface area contributed by atoms with Crippen LogP contribution in [0.15, 0.2) is 30.5 Å². The Balaban J connectivity index is 2.18. The highest BCUT2D eigenvalue weighted by Crippen LogP contribution is 2.25. The van der Waals surface area contributed by atoms with Crippen LogP contribution in [0.2, 0.25) is 0 Å². The Morgan fingerprint density at radius 3 is 2.52 bits per heavy atom. The molecule has 0 aliphatic carbocycles. The topological polar surface area (TPSA) is 87.2 Å². The van der Waals surface area contributed by atoms with Crippen molar-refractivity contribution in [1.82, 2.24) is 9.78 Å². The third-order valence-electron chi connectivity index (χ3n) is 3.22. The van der Waals surface area contributed by atoms with Gasteiger partial charge in [0.1, 0.15) is 11.4 Å². The summed E-state index contributed by atoms with van der Waals surface area (Å²) in [7, 11) is -1.41. The van der Waals surface area contributed by atoms with Crippen molar-refractivity contribution in [3.63, 3.8) is 0 Å². The minimum atomic E-state index is -3.01. The number of benzene rings is 1. The number of sulfone groups is 1. The summed E-state index contributed by atoms with van der Waals surface area (Å²) >= 11 is 0. The van der Waals surface area contributed by atoms with Crippen LogP contribution in [-0.4, -0.2) is 36.8 Å². The summed E-state index contributed by atoms with van der Waals surface area (Å²) in [6, 6.07) is 7.39. The number of hydrogen-bond donors (Lipinski definition) is 1. The van der Waals surface area contributed by atoms with Gasteiger partial charge in [-0.15, -0.1) is 0 Å². The molecule has 0 saturated carbocycles. The van der Waals surface area contributed by atoms with Gasteiger partial charge in [-0.05, 0) is 24.3 Å². The molecule has 0 bridgehead atoms. The lowest BCUT2D eigenvalue weighted by Crippen LogP contribution is -2.14. The van der Waals surface area contributed by atoms with Crippen LogP contribution in [0.25, 0.3) is 11.3 Å². The second-order valence-corrected chi connectivity index (χ2v) is 7.13. The van der Waals surface area contributed by atoms with Gasteiger partial charge in [-0.3, -0.25) is 4.68 Å². The Labute approximate surface area is 124 Å². The van der Waals surface area contributed by atoms with Gasteiger partial charge >= 0.3 is 0 Å². The lowest BCUT2D eigenvalue weighted by molar-refractivity contribution is 0.415. The standard InChI is InChI=1S/C14H19N3O3S/c1-3-21(18,19)9-8-17-10-13(15)14(16-17)11-4-6-12(20-2)7-5-11/h4-7,10H,3,8-9,15H2,1-2H3. The van der Waals surface area contributed by atoms with Gasteiger partial charge in [0.15, 0.2) is 9.84 Å². The molecule has 0 radical (unpaired) electrons. The maximum absolute atomic E-state index is 11.5. The van der Waals surface area contributed by atoms with E-state index in [0.29, 0.717) is 17.9 Å². The molecular formula is C14H19N3O3S. The molecule has 1 aromatic heterocycles. The molecule has 0 saturated heterocycles. The molecule has 1 heterocycles. The molecule has 0 spiro atoms. The number of ether oxygens (including phenoxy) is 1. The molecule has 1 aromatic carbocycles. The van der Waals surface area contributed by atoms with Crippen molar-refractivity contribution in [3.05, 3.63) is 30.5 Å². The quantitative estimate of drug-likeness (QED) is 0.875. The van der Waals surface area contributed by atoms with Crippen molar-refractivity contribution in [1.29, 1.82) is 0 Å². The zero-order valence-electron chi connectivity index (χ0n) is 12.1. The van der Waals surface area contributed by atoms with Crippen LogP contribution < -0.4 is 10.5 Å². The van der Waals surface area contributed by atoms with Crippen LogP contribution in [0.3, 0.4) is 0 Å². The summed E-state index contributed by atoms with van der Waals surface area (Å²) in [6.07, 6.45) is 1.66. The SMILES string of the molecule is CCS(=O)(=O)CCn1cc(N)c(-c2ccc(OC)cc2)n1. The van der Waals surface area contributed by atoms with Crippen molar-refractivity contribution in [3.8, 4) is 17.0 Å². The molecule has 0 aliphatic rings. The molecule has 6 nitrogen and oxygen atoms in total. The van der Waals surface area contributed by atoms with Crippen LogP contribution in [0, 0.1) is 0 Å². The highest BCUT2D eigenvalue weighted by molar-refractivity contribution is 7.91. The number of nitrogen functional groups attached to an aromatic ring is 1. The zero-order chi connectivity index (χ0) is 15.5. The number of nitrogens with zero attached hydrogens (tertiary/aromatic N) is 2. The number of aryl methyl sites for hydroxylation is 1. The van der Waals surface area contributed by atoms with Crippen LogP contribution >= 0.6 is 0 Å². The Morgan fingerprint density at radius 2 is 1.95 bits per heavy atom. The summed E-state index contributed by atoms with van der Waals surface area (Å²) < 4.78 is 29.7.